The number of para-hydroxylation sites is 1. The monoisotopic (exact) mass is 446 g/mol. The van der Waals surface area contributed by atoms with Crippen molar-refractivity contribution < 1.29 is 8.42 Å². The number of hydrazone groups is 1. The quantitative estimate of drug-likeness (QED) is 0.446. The number of piperazine rings is 1. The number of hydrogen-bond donors (Lipinski definition) is 0. The molecule has 7 heteroatoms. The highest BCUT2D eigenvalue weighted by atomic mass is 32.2. The fourth-order valence-corrected chi connectivity index (χ4v) is 6.19. The zero-order chi connectivity index (χ0) is 22.3. The average Bonchev–Trinajstić information content (AvgIpc) is 3.10. The van der Waals surface area contributed by atoms with Gasteiger partial charge in [-0.1, -0.05) is 54.6 Å². The minimum absolute atomic E-state index is 0.307. The van der Waals surface area contributed by atoms with Crippen LogP contribution in [0.3, 0.4) is 0 Å². The second kappa shape index (κ2) is 8.07. The Morgan fingerprint density at radius 1 is 0.844 bits per heavy atom. The van der Waals surface area contributed by atoms with E-state index in [1.807, 2.05) is 72.7 Å². The summed E-state index contributed by atoms with van der Waals surface area (Å²) in [6, 6.07) is 20.6. The predicted octanol–water partition coefficient (Wildman–Crippen LogP) is 3.92. The standard InChI is InChI=1S/C25H26N4O2S/c1-19-23(18-26-28-16-14-27(2)15-17-28)22-11-5-6-12-24(22)29(19)32(30,31)25-13-7-9-20-8-3-4-10-21(20)25/h3-13,18H,14-17H2,1-2H3. The molecule has 0 N–H and O–H groups in total. The summed E-state index contributed by atoms with van der Waals surface area (Å²) in [5, 5.41) is 9.24. The first-order valence-corrected chi connectivity index (χ1v) is 12.2. The van der Waals surface area contributed by atoms with Crippen LogP contribution in [0.2, 0.25) is 0 Å². The smallest absolute Gasteiger partial charge is 0.269 e. The van der Waals surface area contributed by atoms with Crippen molar-refractivity contribution in [3.8, 4) is 0 Å². The van der Waals surface area contributed by atoms with E-state index in [9.17, 15) is 8.42 Å². The second-order valence-electron chi connectivity index (χ2n) is 8.26. The van der Waals surface area contributed by atoms with E-state index in [2.05, 4.69) is 11.9 Å². The van der Waals surface area contributed by atoms with Gasteiger partial charge in [-0.2, -0.15) is 5.10 Å². The van der Waals surface area contributed by atoms with Crippen LogP contribution in [0, 0.1) is 6.92 Å². The highest BCUT2D eigenvalue weighted by molar-refractivity contribution is 7.90. The van der Waals surface area contributed by atoms with E-state index in [1.54, 1.807) is 12.1 Å². The third-order valence-corrected chi connectivity index (χ3v) is 8.07. The van der Waals surface area contributed by atoms with Crippen LogP contribution in [0.1, 0.15) is 11.3 Å². The van der Waals surface area contributed by atoms with Crippen LogP contribution in [-0.2, 0) is 10.0 Å². The number of aromatic nitrogens is 1. The van der Waals surface area contributed by atoms with Crippen molar-refractivity contribution in [2.24, 2.45) is 5.10 Å². The molecule has 1 aliphatic rings. The number of hydrogen-bond acceptors (Lipinski definition) is 5. The predicted molar refractivity (Wildman–Crippen MR) is 130 cm³/mol. The first-order valence-electron chi connectivity index (χ1n) is 10.8. The number of likely N-dealkylation sites (N-methyl/N-ethyl adjacent to an activating group) is 1. The maximum atomic E-state index is 13.9. The maximum absolute atomic E-state index is 13.9. The summed E-state index contributed by atoms with van der Waals surface area (Å²) in [4.78, 5) is 2.59. The van der Waals surface area contributed by atoms with E-state index < -0.39 is 10.0 Å². The van der Waals surface area contributed by atoms with E-state index in [4.69, 9.17) is 5.10 Å². The van der Waals surface area contributed by atoms with Gasteiger partial charge in [0.05, 0.1) is 16.6 Å². The Hall–Kier alpha value is -3.16. The number of fused-ring (bicyclic) bond motifs is 2. The Morgan fingerprint density at radius 2 is 1.50 bits per heavy atom. The van der Waals surface area contributed by atoms with Crippen LogP contribution in [0.15, 0.2) is 76.7 Å². The molecule has 4 aromatic rings. The van der Waals surface area contributed by atoms with E-state index in [0.717, 1.165) is 47.9 Å². The Balaban J connectivity index is 1.66. The molecule has 0 spiro atoms. The van der Waals surface area contributed by atoms with Crippen LogP contribution in [0.5, 0.6) is 0 Å². The molecule has 164 valence electrons. The highest BCUT2D eigenvalue weighted by Gasteiger charge is 2.26. The number of nitrogens with zero attached hydrogens (tertiary/aromatic N) is 4. The largest absolute Gasteiger partial charge is 0.303 e. The van der Waals surface area contributed by atoms with Crippen molar-refractivity contribution in [3.05, 3.63) is 78.0 Å². The van der Waals surface area contributed by atoms with Crippen LogP contribution in [0.25, 0.3) is 21.7 Å². The summed E-state index contributed by atoms with van der Waals surface area (Å²) in [7, 11) is -1.71. The SMILES string of the molecule is Cc1c(C=NN2CCN(C)CC2)c2ccccc2n1S(=O)(=O)c1cccc2ccccc12. The Morgan fingerprint density at radius 3 is 2.28 bits per heavy atom. The van der Waals surface area contributed by atoms with Gasteiger partial charge in [0.2, 0.25) is 0 Å². The van der Waals surface area contributed by atoms with Gasteiger partial charge in [0.25, 0.3) is 10.0 Å². The maximum Gasteiger partial charge on any atom is 0.269 e. The Bertz CT molecular complexity index is 1430. The molecule has 5 rings (SSSR count). The molecule has 1 fully saturated rings. The summed E-state index contributed by atoms with van der Waals surface area (Å²) in [6.07, 6.45) is 1.82. The topological polar surface area (TPSA) is 57.9 Å². The minimum atomic E-state index is -3.82. The third kappa shape index (κ3) is 3.47. The van der Waals surface area contributed by atoms with E-state index in [0.29, 0.717) is 16.1 Å². The first kappa shape index (κ1) is 20.7. The summed E-state index contributed by atoms with van der Waals surface area (Å²) < 4.78 is 29.3. The lowest BCUT2D eigenvalue weighted by molar-refractivity contribution is 0.159. The fraction of sp³-hybridized carbons (Fsp3) is 0.240. The van der Waals surface area contributed by atoms with Crippen molar-refractivity contribution in [2.75, 3.05) is 33.2 Å². The summed E-state index contributed by atoms with van der Waals surface area (Å²) >= 11 is 0. The van der Waals surface area contributed by atoms with Gasteiger partial charge in [0.15, 0.2) is 0 Å². The van der Waals surface area contributed by atoms with Crippen LogP contribution in [-0.4, -0.2) is 61.7 Å². The van der Waals surface area contributed by atoms with Crippen molar-refractivity contribution in [1.29, 1.82) is 0 Å². The molecule has 0 aliphatic carbocycles. The molecule has 0 bridgehead atoms. The highest BCUT2D eigenvalue weighted by Crippen LogP contribution is 2.32. The van der Waals surface area contributed by atoms with Crippen LogP contribution in [0.4, 0.5) is 0 Å². The molecular formula is C25H26N4O2S. The zero-order valence-electron chi connectivity index (χ0n) is 18.3. The summed E-state index contributed by atoms with van der Waals surface area (Å²) in [6.45, 7) is 5.51. The van der Waals surface area contributed by atoms with Gasteiger partial charge in [-0.05, 0) is 31.5 Å². The lowest BCUT2D eigenvalue weighted by atomic mass is 10.1. The van der Waals surface area contributed by atoms with Gasteiger partial charge in [-0.25, -0.2) is 12.4 Å². The van der Waals surface area contributed by atoms with Crippen molar-refractivity contribution >= 4 is 37.9 Å². The normalized spacial score (nSPS) is 15.9. The molecule has 1 saturated heterocycles. The Labute approximate surface area is 188 Å². The van der Waals surface area contributed by atoms with Gasteiger partial charge in [-0.15, -0.1) is 0 Å². The molecule has 3 aromatic carbocycles. The van der Waals surface area contributed by atoms with Crippen molar-refractivity contribution in [3.63, 3.8) is 0 Å². The van der Waals surface area contributed by atoms with Gasteiger partial charge in [-0.3, -0.25) is 5.01 Å². The van der Waals surface area contributed by atoms with Crippen molar-refractivity contribution in [1.82, 2.24) is 13.9 Å². The lowest BCUT2D eigenvalue weighted by Crippen LogP contribution is -2.41. The van der Waals surface area contributed by atoms with E-state index in [1.165, 1.54) is 3.97 Å². The molecule has 6 nitrogen and oxygen atoms in total. The van der Waals surface area contributed by atoms with Gasteiger partial charge in [0, 0.05) is 48.2 Å². The molecule has 1 aromatic heterocycles. The summed E-state index contributed by atoms with van der Waals surface area (Å²) in [5.41, 5.74) is 2.16. The average molecular weight is 447 g/mol. The lowest BCUT2D eigenvalue weighted by Gasteiger charge is -2.30. The second-order valence-corrected chi connectivity index (χ2v) is 10.0. The molecule has 32 heavy (non-hydrogen) atoms. The number of rotatable bonds is 4. The molecule has 0 amide bonds. The van der Waals surface area contributed by atoms with Gasteiger partial charge in [0.1, 0.15) is 0 Å². The first-order chi connectivity index (χ1) is 15.5. The van der Waals surface area contributed by atoms with Gasteiger partial charge < -0.3 is 4.90 Å². The van der Waals surface area contributed by atoms with E-state index >= 15 is 0 Å². The molecule has 0 unspecified atom stereocenters. The Kier molecular flexibility index (Phi) is 5.23. The van der Waals surface area contributed by atoms with E-state index in [-0.39, 0.29) is 0 Å². The number of benzene rings is 3. The van der Waals surface area contributed by atoms with Crippen molar-refractivity contribution in [2.45, 2.75) is 11.8 Å². The molecule has 0 atom stereocenters. The minimum Gasteiger partial charge on any atom is -0.303 e. The van der Waals surface area contributed by atoms with Crippen LogP contribution < -0.4 is 0 Å². The molecule has 1 aliphatic heterocycles. The molecule has 0 saturated carbocycles. The molecule has 2 heterocycles. The third-order valence-electron chi connectivity index (χ3n) is 6.21. The zero-order valence-corrected chi connectivity index (χ0v) is 19.1. The fourth-order valence-electron chi connectivity index (χ4n) is 4.41. The van der Waals surface area contributed by atoms with Gasteiger partial charge >= 0.3 is 0 Å². The van der Waals surface area contributed by atoms with Crippen LogP contribution >= 0.6 is 0 Å². The summed E-state index contributed by atoms with van der Waals surface area (Å²) in [5.74, 6) is 0. The molecular weight excluding hydrogens is 420 g/mol. The molecule has 0 radical (unpaired) electrons.